The highest BCUT2D eigenvalue weighted by atomic mass is 35.5. The molecule has 3 aliphatic rings. The monoisotopic (exact) mass is 477 g/mol. The lowest BCUT2D eigenvalue weighted by molar-refractivity contribution is -0.141. The van der Waals surface area contributed by atoms with Gasteiger partial charge in [0.25, 0.3) is 5.91 Å². The summed E-state index contributed by atoms with van der Waals surface area (Å²) in [6.45, 7) is 1.17. The van der Waals surface area contributed by atoms with E-state index in [9.17, 15) is 26.7 Å². The van der Waals surface area contributed by atoms with Crippen LogP contribution in [-0.2, 0) is 17.3 Å². The van der Waals surface area contributed by atoms with Gasteiger partial charge in [-0.05, 0) is 37.3 Å². The number of imidazole rings is 1. The molecule has 5 nitrogen and oxygen atoms in total. The standard InChI is InChI=1S/C21H21ClF5N3O2/c22-15-6-11(19(31)29-17-12-8-32-9-13(12)17)7-16-28-18(21(25,26)27)14(30(15)16)5-10-1-3-20(23,24)4-2-10/h6-7,10,12-13,17H,1-5,8-9H2,(H,29,31)/t12-,13+,17?. The highest BCUT2D eigenvalue weighted by Crippen LogP contribution is 2.44. The van der Waals surface area contributed by atoms with Crippen molar-refractivity contribution in [2.45, 2.75) is 50.2 Å². The molecule has 1 aliphatic heterocycles. The van der Waals surface area contributed by atoms with Gasteiger partial charge >= 0.3 is 6.18 Å². The van der Waals surface area contributed by atoms with Gasteiger partial charge in [-0.1, -0.05) is 11.6 Å². The second-order valence-electron chi connectivity index (χ2n) is 9.03. The maximum Gasteiger partial charge on any atom is 0.435 e. The summed E-state index contributed by atoms with van der Waals surface area (Å²) in [7, 11) is 0. The molecule has 0 radical (unpaired) electrons. The smallest absolute Gasteiger partial charge is 0.381 e. The fraction of sp³-hybridized carbons (Fsp3) is 0.619. The first-order chi connectivity index (χ1) is 15.0. The summed E-state index contributed by atoms with van der Waals surface area (Å²) in [5.41, 5.74) is -1.22. The molecular weight excluding hydrogens is 457 g/mol. The van der Waals surface area contributed by atoms with Crippen LogP contribution in [0.2, 0.25) is 5.15 Å². The number of hydrogen-bond acceptors (Lipinski definition) is 3. The molecule has 2 aromatic heterocycles. The van der Waals surface area contributed by atoms with E-state index < -0.39 is 23.7 Å². The van der Waals surface area contributed by atoms with E-state index in [-0.39, 0.29) is 78.0 Å². The summed E-state index contributed by atoms with van der Waals surface area (Å²) in [6, 6.07) is 2.60. The Morgan fingerprint density at radius 1 is 1.22 bits per heavy atom. The van der Waals surface area contributed by atoms with Gasteiger partial charge in [0.05, 0.1) is 18.9 Å². The summed E-state index contributed by atoms with van der Waals surface area (Å²) < 4.78 is 74.6. The number of pyridine rings is 1. The Hall–Kier alpha value is -1.94. The van der Waals surface area contributed by atoms with Crippen LogP contribution in [0.5, 0.6) is 0 Å². The van der Waals surface area contributed by atoms with Crippen LogP contribution >= 0.6 is 11.6 Å². The van der Waals surface area contributed by atoms with Crippen molar-refractivity contribution in [3.63, 3.8) is 0 Å². The van der Waals surface area contributed by atoms with Crippen LogP contribution < -0.4 is 5.32 Å². The molecule has 3 atom stereocenters. The van der Waals surface area contributed by atoms with Gasteiger partial charge in [0.2, 0.25) is 5.92 Å². The highest BCUT2D eigenvalue weighted by molar-refractivity contribution is 6.30. The van der Waals surface area contributed by atoms with Crippen LogP contribution in [0, 0.1) is 17.8 Å². The minimum absolute atomic E-state index is 0.00303. The van der Waals surface area contributed by atoms with Crippen molar-refractivity contribution in [2.75, 3.05) is 13.2 Å². The lowest BCUT2D eigenvalue weighted by atomic mass is 9.83. The van der Waals surface area contributed by atoms with E-state index >= 15 is 0 Å². The summed E-state index contributed by atoms with van der Waals surface area (Å²) in [6.07, 6.45) is -5.24. The third-order valence-electron chi connectivity index (χ3n) is 6.87. The Morgan fingerprint density at radius 3 is 2.50 bits per heavy atom. The Balaban J connectivity index is 1.44. The summed E-state index contributed by atoms with van der Waals surface area (Å²) >= 11 is 6.32. The van der Waals surface area contributed by atoms with Gasteiger partial charge in [-0.2, -0.15) is 13.2 Å². The number of fused-ring (bicyclic) bond motifs is 2. The van der Waals surface area contributed by atoms with E-state index in [1.54, 1.807) is 0 Å². The Kier molecular flexibility index (Phi) is 5.16. The van der Waals surface area contributed by atoms with E-state index in [4.69, 9.17) is 16.3 Å². The van der Waals surface area contributed by atoms with Gasteiger partial charge in [0, 0.05) is 36.3 Å². The van der Waals surface area contributed by atoms with Crippen molar-refractivity contribution in [1.29, 1.82) is 0 Å². The first-order valence-corrected chi connectivity index (χ1v) is 11.0. The number of carbonyl (C=O) groups excluding carboxylic acids is 1. The maximum absolute atomic E-state index is 13.7. The Bertz CT molecular complexity index is 1050. The second kappa shape index (κ2) is 7.55. The number of alkyl halides is 5. The first kappa shape index (κ1) is 21.9. The minimum atomic E-state index is -4.74. The van der Waals surface area contributed by atoms with Crippen molar-refractivity contribution in [3.8, 4) is 0 Å². The number of nitrogens with zero attached hydrogens (tertiary/aromatic N) is 2. The zero-order valence-corrected chi connectivity index (χ0v) is 17.6. The van der Waals surface area contributed by atoms with E-state index in [2.05, 4.69) is 10.3 Å². The molecule has 3 heterocycles. The normalized spacial score (nSPS) is 27.5. The zero-order chi connectivity index (χ0) is 22.8. The number of hydrogen-bond donors (Lipinski definition) is 1. The van der Waals surface area contributed by atoms with E-state index in [1.807, 2.05) is 0 Å². The first-order valence-electron chi connectivity index (χ1n) is 10.6. The molecule has 32 heavy (non-hydrogen) atoms. The van der Waals surface area contributed by atoms with Crippen molar-refractivity contribution in [2.24, 2.45) is 17.8 Å². The number of carbonyl (C=O) groups is 1. The van der Waals surface area contributed by atoms with Gasteiger partial charge < -0.3 is 10.1 Å². The van der Waals surface area contributed by atoms with Crippen LogP contribution in [0.15, 0.2) is 12.1 Å². The molecule has 1 saturated heterocycles. The van der Waals surface area contributed by atoms with Gasteiger partial charge in [0.15, 0.2) is 5.69 Å². The zero-order valence-electron chi connectivity index (χ0n) is 16.9. The number of amides is 1. The molecule has 2 saturated carbocycles. The van der Waals surface area contributed by atoms with E-state index in [1.165, 1.54) is 16.5 Å². The molecule has 0 spiro atoms. The highest BCUT2D eigenvalue weighted by Gasteiger charge is 2.54. The third-order valence-corrected chi connectivity index (χ3v) is 7.15. The molecule has 1 N–H and O–H groups in total. The van der Waals surface area contributed by atoms with Crippen molar-refractivity contribution in [3.05, 3.63) is 34.2 Å². The third kappa shape index (κ3) is 3.96. The lowest BCUT2D eigenvalue weighted by Crippen LogP contribution is -2.30. The van der Waals surface area contributed by atoms with Crippen molar-refractivity contribution in [1.82, 2.24) is 14.7 Å². The summed E-state index contributed by atoms with van der Waals surface area (Å²) in [5.74, 6) is -2.98. The van der Waals surface area contributed by atoms with E-state index in [0.717, 1.165) is 0 Å². The molecule has 11 heteroatoms. The minimum Gasteiger partial charge on any atom is -0.381 e. The van der Waals surface area contributed by atoms with Gasteiger partial charge in [-0.25, -0.2) is 13.8 Å². The van der Waals surface area contributed by atoms with Crippen molar-refractivity contribution < 1.29 is 31.5 Å². The van der Waals surface area contributed by atoms with Gasteiger partial charge in [-0.3, -0.25) is 9.20 Å². The van der Waals surface area contributed by atoms with Crippen LogP contribution in [-0.4, -0.2) is 40.5 Å². The van der Waals surface area contributed by atoms with Crippen molar-refractivity contribution >= 4 is 23.2 Å². The molecule has 0 aromatic carbocycles. The molecule has 0 bridgehead atoms. The predicted octanol–water partition coefficient (Wildman–Crippen LogP) is 4.75. The summed E-state index contributed by atoms with van der Waals surface area (Å²) in [5, 5.41) is 2.80. The van der Waals surface area contributed by atoms with Crippen LogP contribution in [0.4, 0.5) is 22.0 Å². The average Bonchev–Trinajstić information content (AvgIpc) is 3.07. The Morgan fingerprint density at radius 2 is 1.88 bits per heavy atom. The van der Waals surface area contributed by atoms with Crippen LogP contribution in [0.25, 0.3) is 5.65 Å². The van der Waals surface area contributed by atoms with Gasteiger partial charge in [-0.15, -0.1) is 0 Å². The molecule has 174 valence electrons. The summed E-state index contributed by atoms with van der Waals surface area (Å²) in [4.78, 5) is 16.4. The topological polar surface area (TPSA) is 55.6 Å². The predicted molar refractivity (Wildman–Crippen MR) is 105 cm³/mol. The molecule has 1 amide bonds. The largest absolute Gasteiger partial charge is 0.435 e. The average molecular weight is 478 g/mol. The molecular formula is C21H21ClF5N3O2. The lowest BCUT2D eigenvalue weighted by Gasteiger charge is -2.28. The van der Waals surface area contributed by atoms with Gasteiger partial charge in [0.1, 0.15) is 10.8 Å². The molecule has 2 aliphatic carbocycles. The number of ether oxygens (including phenoxy) is 1. The second-order valence-corrected chi connectivity index (χ2v) is 9.42. The van der Waals surface area contributed by atoms with Crippen LogP contribution in [0.1, 0.15) is 47.4 Å². The number of aromatic nitrogens is 2. The maximum atomic E-state index is 13.7. The molecule has 5 rings (SSSR count). The molecule has 2 aromatic rings. The molecule has 3 fully saturated rings. The fourth-order valence-electron chi connectivity index (χ4n) is 4.99. The Labute approximate surface area is 185 Å². The molecule has 1 unspecified atom stereocenters. The number of nitrogens with one attached hydrogen (secondary N) is 1. The SMILES string of the molecule is O=C(NC1[C@H]2COC[C@@H]12)c1cc(Cl)n2c(CC3CCC(F)(F)CC3)c(C(F)(F)F)nc2c1. The number of halogens is 6. The number of rotatable bonds is 4. The van der Waals surface area contributed by atoms with E-state index in [0.29, 0.717) is 13.2 Å². The van der Waals surface area contributed by atoms with Crippen LogP contribution in [0.3, 0.4) is 0 Å². The fourth-order valence-corrected chi connectivity index (χ4v) is 5.30. The quantitative estimate of drug-likeness (QED) is 0.511.